The van der Waals surface area contributed by atoms with Gasteiger partial charge in [0.1, 0.15) is 0 Å². The molecule has 28 heavy (non-hydrogen) atoms. The van der Waals surface area contributed by atoms with Crippen LogP contribution in [0.4, 0.5) is 0 Å². The Hall–Kier alpha value is -2.37. The number of hydrogen-bond acceptors (Lipinski definition) is 3. The third kappa shape index (κ3) is 7.71. The van der Waals surface area contributed by atoms with Crippen LogP contribution in [0.1, 0.15) is 43.1 Å². The van der Waals surface area contributed by atoms with E-state index in [2.05, 4.69) is 46.8 Å². The van der Waals surface area contributed by atoms with Crippen molar-refractivity contribution >= 4 is 5.96 Å². The molecule has 152 valence electrons. The van der Waals surface area contributed by atoms with Crippen LogP contribution in [0.15, 0.2) is 59.6 Å². The average Bonchev–Trinajstić information content (AvgIpc) is 2.75. The minimum Gasteiger partial charge on any atom is -0.377 e. The van der Waals surface area contributed by atoms with Gasteiger partial charge in [-0.3, -0.25) is 4.99 Å². The van der Waals surface area contributed by atoms with Crippen LogP contribution in [0.3, 0.4) is 0 Å². The van der Waals surface area contributed by atoms with Crippen molar-refractivity contribution in [1.82, 2.24) is 10.6 Å². The van der Waals surface area contributed by atoms with Crippen LogP contribution in [-0.2, 0) is 22.6 Å². The second-order valence-corrected chi connectivity index (χ2v) is 6.54. The third-order valence-electron chi connectivity index (χ3n) is 4.50. The van der Waals surface area contributed by atoms with E-state index in [0.29, 0.717) is 19.8 Å². The molecule has 0 fully saturated rings. The van der Waals surface area contributed by atoms with Gasteiger partial charge in [0.2, 0.25) is 0 Å². The number of nitrogens with one attached hydrogen (secondary N) is 2. The van der Waals surface area contributed by atoms with Crippen molar-refractivity contribution in [3.63, 3.8) is 0 Å². The van der Waals surface area contributed by atoms with Gasteiger partial charge in [0.25, 0.3) is 0 Å². The lowest BCUT2D eigenvalue weighted by atomic mass is 10.1. The quantitative estimate of drug-likeness (QED) is 0.349. The van der Waals surface area contributed by atoms with Crippen LogP contribution in [0, 0.1) is 0 Å². The molecular formula is C23H33N3O2. The zero-order valence-corrected chi connectivity index (χ0v) is 17.3. The predicted octanol–water partition coefficient (Wildman–Crippen LogP) is 4.06. The first-order valence-corrected chi connectivity index (χ1v) is 10.00. The van der Waals surface area contributed by atoms with Crippen molar-refractivity contribution in [3.05, 3.63) is 71.3 Å². The fourth-order valence-corrected chi connectivity index (χ4v) is 2.84. The van der Waals surface area contributed by atoms with Gasteiger partial charge in [0, 0.05) is 33.4 Å². The Morgan fingerprint density at radius 1 is 1.00 bits per heavy atom. The molecule has 0 saturated carbocycles. The maximum absolute atomic E-state index is 5.91. The van der Waals surface area contributed by atoms with Gasteiger partial charge in [-0.05, 0) is 37.0 Å². The van der Waals surface area contributed by atoms with E-state index in [4.69, 9.17) is 9.47 Å². The number of benzene rings is 2. The van der Waals surface area contributed by atoms with Gasteiger partial charge in [-0.2, -0.15) is 0 Å². The highest BCUT2D eigenvalue weighted by atomic mass is 16.5. The standard InChI is InChI=1S/C23H33N3O2/c1-4-27-18-22-14-9-8-13-21(22)17-26-23(24-3)25-15-10-16-28-19(2)20-11-6-5-7-12-20/h5-9,11-14,19H,4,10,15-18H2,1-3H3,(H2,24,25,26). The van der Waals surface area contributed by atoms with Gasteiger partial charge in [0.05, 0.1) is 12.7 Å². The van der Waals surface area contributed by atoms with Crippen molar-refractivity contribution in [3.8, 4) is 0 Å². The maximum Gasteiger partial charge on any atom is 0.191 e. The van der Waals surface area contributed by atoms with Crippen LogP contribution in [0.25, 0.3) is 0 Å². The molecule has 0 aromatic heterocycles. The van der Waals surface area contributed by atoms with Gasteiger partial charge in [0.15, 0.2) is 5.96 Å². The van der Waals surface area contributed by atoms with Crippen LogP contribution in [0.2, 0.25) is 0 Å². The minimum atomic E-state index is 0.112. The lowest BCUT2D eigenvalue weighted by molar-refractivity contribution is 0.0646. The van der Waals surface area contributed by atoms with E-state index in [9.17, 15) is 0 Å². The highest BCUT2D eigenvalue weighted by molar-refractivity contribution is 5.79. The molecule has 2 aromatic carbocycles. The number of guanidine groups is 1. The van der Waals surface area contributed by atoms with Gasteiger partial charge >= 0.3 is 0 Å². The Morgan fingerprint density at radius 2 is 1.71 bits per heavy atom. The molecule has 0 spiro atoms. The average molecular weight is 384 g/mol. The summed E-state index contributed by atoms with van der Waals surface area (Å²) in [6, 6.07) is 18.6. The first-order chi connectivity index (χ1) is 13.7. The van der Waals surface area contributed by atoms with Gasteiger partial charge in [-0.15, -0.1) is 0 Å². The Morgan fingerprint density at radius 3 is 2.43 bits per heavy atom. The number of hydrogen-bond donors (Lipinski definition) is 2. The molecule has 0 aliphatic heterocycles. The fraction of sp³-hybridized carbons (Fsp3) is 0.435. The molecule has 1 unspecified atom stereocenters. The predicted molar refractivity (Wildman–Crippen MR) is 115 cm³/mol. The summed E-state index contributed by atoms with van der Waals surface area (Å²) in [6.45, 7) is 7.68. The van der Waals surface area contributed by atoms with Crippen molar-refractivity contribution in [2.75, 3.05) is 26.8 Å². The maximum atomic E-state index is 5.91. The van der Waals surface area contributed by atoms with E-state index in [-0.39, 0.29) is 6.10 Å². The summed E-state index contributed by atoms with van der Waals surface area (Å²) in [5.74, 6) is 0.794. The first kappa shape index (κ1) is 21.9. The second kappa shape index (κ2) is 12.9. The van der Waals surface area contributed by atoms with Gasteiger partial charge in [-0.1, -0.05) is 54.6 Å². The molecule has 0 aliphatic carbocycles. The number of nitrogens with zero attached hydrogens (tertiary/aromatic N) is 1. The Labute approximate surface area is 169 Å². The van der Waals surface area contributed by atoms with E-state index in [0.717, 1.165) is 25.5 Å². The van der Waals surface area contributed by atoms with Crippen LogP contribution >= 0.6 is 0 Å². The van der Waals surface area contributed by atoms with E-state index in [1.807, 2.05) is 37.3 Å². The van der Waals surface area contributed by atoms with E-state index in [1.54, 1.807) is 7.05 Å². The molecule has 2 N–H and O–H groups in total. The molecule has 5 heteroatoms. The number of rotatable bonds is 11. The zero-order chi connectivity index (χ0) is 20.0. The molecule has 1 atom stereocenters. The van der Waals surface area contributed by atoms with Crippen molar-refractivity contribution in [2.24, 2.45) is 4.99 Å². The Bertz CT molecular complexity index is 704. The number of aliphatic imine (C=N–C) groups is 1. The fourth-order valence-electron chi connectivity index (χ4n) is 2.84. The SMILES string of the molecule is CCOCc1ccccc1CNC(=NC)NCCCOC(C)c1ccccc1. The Kier molecular flexibility index (Phi) is 10.1. The molecule has 2 aromatic rings. The summed E-state index contributed by atoms with van der Waals surface area (Å²) in [5, 5.41) is 6.71. The zero-order valence-electron chi connectivity index (χ0n) is 17.3. The van der Waals surface area contributed by atoms with Crippen LogP contribution in [0.5, 0.6) is 0 Å². The summed E-state index contributed by atoms with van der Waals surface area (Å²) in [6.07, 6.45) is 1.03. The van der Waals surface area contributed by atoms with Crippen molar-refractivity contribution < 1.29 is 9.47 Å². The summed E-state index contributed by atoms with van der Waals surface area (Å²) in [4.78, 5) is 4.30. The lowest BCUT2D eigenvalue weighted by Crippen LogP contribution is -2.37. The largest absolute Gasteiger partial charge is 0.377 e. The topological polar surface area (TPSA) is 54.9 Å². The Balaban J connectivity index is 1.68. The van der Waals surface area contributed by atoms with Crippen LogP contribution in [-0.4, -0.2) is 32.8 Å². The van der Waals surface area contributed by atoms with Crippen molar-refractivity contribution in [2.45, 2.75) is 39.5 Å². The molecule has 2 rings (SSSR count). The van der Waals surface area contributed by atoms with E-state index < -0.39 is 0 Å². The first-order valence-electron chi connectivity index (χ1n) is 10.00. The molecule has 0 heterocycles. The summed E-state index contributed by atoms with van der Waals surface area (Å²) in [7, 11) is 1.79. The normalized spacial score (nSPS) is 12.6. The highest BCUT2D eigenvalue weighted by Gasteiger charge is 2.05. The smallest absolute Gasteiger partial charge is 0.191 e. The highest BCUT2D eigenvalue weighted by Crippen LogP contribution is 2.15. The summed E-state index contributed by atoms with van der Waals surface area (Å²) < 4.78 is 11.5. The van der Waals surface area contributed by atoms with E-state index in [1.165, 1.54) is 16.7 Å². The molecule has 0 bridgehead atoms. The van der Waals surface area contributed by atoms with Crippen LogP contribution < -0.4 is 10.6 Å². The molecule has 0 saturated heterocycles. The number of ether oxygens (including phenoxy) is 2. The monoisotopic (exact) mass is 383 g/mol. The molecule has 0 amide bonds. The summed E-state index contributed by atoms with van der Waals surface area (Å²) in [5.41, 5.74) is 3.63. The molecular weight excluding hydrogens is 350 g/mol. The van der Waals surface area contributed by atoms with Gasteiger partial charge in [-0.25, -0.2) is 0 Å². The van der Waals surface area contributed by atoms with E-state index >= 15 is 0 Å². The summed E-state index contributed by atoms with van der Waals surface area (Å²) >= 11 is 0. The molecule has 5 nitrogen and oxygen atoms in total. The third-order valence-corrected chi connectivity index (χ3v) is 4.50. The second-order valence-electron chi connectivity index (χ2n) is 6.54. The van der Waals surface area contributed by atoms with Gasteiger partial charge < -0.3 is 20.1 Å². The molecule has 0 radical (unpaired) electrons. The van der Waals surface area contributed by atoms with Crippen molar-refractivity contribution in [1.29, 1.82) is 0 Å². The molecule has 0 aliphatic rings. The minimum absolute atomic E-state index is 0.112. The lowest BCUT2D eigenvalue weighted by Gasteiger charge is -2.15.